The average molecular weight is 488 g/mol. The van der Waals surface area contributed by atoms with Gasteiger partial charge in [0.1, 0.15) is 11.4 Å². The van der Waals surface area contributed by atoms with Crippen LogP contribution in [-0.4, -0.2) is 44.0 Å². The summed E-state index contributed by atoms with van der Waals surface area (Å²) in [6.45, 7) is 9.60. The number of hydrogen-bond donors (Lipinski definition) is 1. The number of carbonyl (C=O) groups is 2. The van der Waals surface area contributed by atoms with Gasteiger partial charge in [-0.3, -0.25) is 4.79 Å². The highest BCUT2D eigenvalue weighted by Crippen LogP contribution is 2.25. The number of aryl methyl sites for hydroxylation is 1. The minimum atomic E-state index is -0.652. The molecule has 0 bridgehead atoms. The van der Waals surface area contributed by atoms with Crippen LogP contribution in [0.5, 0.6) is 0 Å². The molecule has 0 fully saturated rings. The molecular formula is C28H38FNO5. The van der Waals surface area contributed by atoms with Gasteiger partial charge in [-0.2, -0.15) is 0 Å². The van der Waals surface area contributed by atoms with Gasteiger partial charge in [-0.1, -0.05) is 37.3 Å². The number of methoxy groups -OCH3 is 1. The van der Waals surface area contributed by atoms with Crippen LogP contribution in [0.1, 0.15) is 52.2 Å². The van der Waals surface area contributed by atoms with Crippen molar-refractivity contribution in [2.75, 3.05) is 20.3 Å². The van der Waals surface area contributed by atoms with Crippen molar-refractivity contribution in [1.29, 1.82) is 0 Å². The fourth-order valence-electron chi connectivity index (χ4n) is 3.82. The monoisotopic (exact) mass is 487 g/mol. The number of carbonyl (C=O) groups excluding carboxylic acids is 2. The van der Waals surface area contributed by atoms with Crippen LogP contribution < -0.4 is 5.32 Å². The number of hydrogen-bond acceptors (Lipinski definition) is 5. The van der Waals surface area contributed by atoms with Crippen molar-refractivity contribution in [3.8, 4) is 11.1 Å². The molecule has 0 heterocycles. The first kappa shape index (κ1) is 28.3. The van der Waals surface area contributed by atoms with E-state index in [4.69, 9.17) is 14.2 Å². The van der Waals surface area contributed by atoms with E-state index in [-0.39, 0.29) is 25.0 Å². The third-order valence-electron chi connectivity index (χ3n) is 5.46. The molecule has 7 heteroatoms. The van der Waals surface area contributed by atoms with Gasteiger partial charge in [-0.25, -0.2) is 9.18 Å². The first-order valence-electron chi connectivity index (χ1n) is 12.1. The lowest BCUT2D eigenvalue weighted by Gasteiger charge is -2.26. The van der Waals surface area contributed by atoms with E-state index in [2.05, 4.69) is 5.32 Å². The Kier molecular flexibility index (Phi) is 10.7. The summed E-state index contributed by atoms with van der Waals surface area (Å²) in [4.78, 5) is 24.9. The highest BCUT2D eigenvalue weighted by Gasteiger charge is 2.27. The third kappa shape index (κ3) is 9.32. The van der Waals surface area contributed by atoms with Gasteiger partial charge in [-0.15, -0.1) is 0 Å². The first-order chi connectivity index (χ1) is 16.6. The largest absolute Gasteiger partial charge is 0.466 e. The smallest absolute Gasteiger partial charge is 0.407 e. The van der Waals surface area contributed by atoms with E-state index in [1.807, 2.05) is 37.3 Å². The molecule has 0 saturated heterocycles. The zero-order valence-corrected chi connectivity index (χ0v) is 21.7. The molecule has 0 saturated carbocycles. The van der Waals surface area contributed by atoms with Gasteiger partial charge in [0.2, 0.25) is 0 Å². The van der Waals surface area contributed by atoms with Crippen LogP contribution in [0.15, 0.2) is 42.5 Å². The fraction of sp³-hybridized carbons (Fsp3) is 0.500. The summed E-state index contributed by atoms with van der Waals surface area (Å²) in [6.07, 6.45) is 1.04. The second-order valence-corrected chi connectivity index (χ2v) is 9.55. The molecule has 1 N–H and O–H groups in total. The molecule has 0 radical (unpaired) electrons. The lowest BCUT2D eigenvalue weighted by atomic mass is 9.94. The summed E-state index contributed by atoms with van der Waals surface area (Å²) in [5.41, 5.74) is 2.68. The normalized spacial score (nSPS) is 13.1. The Labute approximate surface area is 208 Å². The molecule has 192 valence electrons. The van der Waals surface area contributed by atoms with Gasteiger partial charge in [-0.05, 0) is 75.8 Å². The zero-order chi connectivity index (χ0) is 26.0. The number of rotatable bonds is 11. The highest BCUT2D eigenvalue weighted by molar-refractivity contribution is 5.73. The van der Waals surface area contributed by atoms with Gasteiger partial charge in [0.05, 0.1) is 19.1 Å². The molecule has 2 atom stereocenters. The lowest BCUT2D eigenvalue weighted by molar-refractivity contribution is -0.150. The summed E-state index contributed by atoms with van der Waals surface area (Å²) in [5.74, 6) is -1.17. The maximum absolute atomic E-state index is 14.4. The second kappa shape index (κ2) is 13.2. The van der Waals surface area contributed by atoms with Crippen molar-refractivity contribution in [1.82, 2.24) is 5.32 Å². The number of halogens is 1. The fourth-order valence-corrected chi connectivity index (χ4v) is 3.82. The van der Waals surface area contributed by atoms with Crippen LogP contribution in [0, 0.1) is 11.7 Å². The van der Waals surface area contributed by atoms with Crippen LogP contribution in [0.2, 0.25) is 0 Å². The van der Waals surface area contributed by atoms with Crippen LogP contribution in [-0.2, 0) is 31.8 Å². The predicted octanol–water partition coefficient (Wildman–Crippen LogP) is 5.71. The Bertz CT molecular complexity index is 968. The topological polar surface area (TPSA) is 73.9 Å². The van der Waals surface area contributed by atoms with Crippen molar-refractivity contribution in [3.63, 3.8) is 0 Å². The van der Waals surface area contributed by atoms with Gasteiger partial charge in [0.15, 0.2) is 0 Å². The van der Waals surface area contributed by atoms with Crippen molar-refractivity contribution >= 4 is 12.1 Å². The van der Waals surface area contributed by atoms with Crippen LogP contribution in [0.25, 0.3) is 11.1 Å². The molecule has 0 unspecified atom stereocenters. The zero-order valence-electron chi connectivity index (χ0n) is 21.7. The van der Waals surface area contributed by atoms with Gasteiger partial charge in [0.25, 0.3) is 0 Å². The number of nitrogens with one attached hydrogen (secondary N) is 1. The summed E-state index contributed by atoms with van der Waals surface area (Å²) >= 11 is 0. The maximum Gasteiger partial charge on any atom is 0.407 e. The third-order valence-corrected chi connectivity index (χ3v) is 5.46. The van der Waals surface area contributed by atoms with Crippen LogP contribution in [0.3, 0.4) is 0 Å². The molecule has 0 aliphatic rings. The molecular weight excluding hydrogens is 449 g/mol. The van der Waals surface area contributed by atoms with Gasteiger partial charge < -0.3 is 19.5 Å². The molecule has 2 aromatic rings. The minimum Gasteiger partial charge on any atom is -0.466 e. The van der Waals surface area contributed by atoms with Crippen molar-refractivity contribution in [2.24, 2.45) is 5.92 Å². The van der Waals surface area contributed by atoms with E-state index < -0.39 is 23.7 Å². The Morgan fingerprint density at radius 2 is 1.69 bits per heavy atom. The quantitative estimate of drug-likeness (QED) is 0.411. The molecule has 2 rings (SSSR count). The molecule has 2 aromatic carbocycles. The number of alkyl carbamates (subject to hydrolysis) is 1. The molecule has 0 aliphatic heterocycles. The van der Waals surface area contributed by atoms with E-state index in [1.165, 1.54) is 13.2 Å². The Balaban J connectivity index is 2.24. The van der Waals surface area contributed by atoms with Gasteiger partial charge in [0, 0.05) is 18.7 Å². The lowest BCUT2D eigenvalue weighted by Crippen LogP contribution is -2.42. The van der Waals surface area contributed by atoms with E-state index in [1.54, 1.807) is 33.8 Å². The first-order valence-corrected chi connectivity index (χ1v) is 12.1. The van der Waals surface area contributed by atoms with Gasteiger partial charge >= 0.3 is 12.1 Å². The number of amides is 1. The van der Waals surface area contributed by atoms with E-state index >= 15 is 0 Å². The Morgan fingerprint density at radius 1 is 1.03 bits per heavy atom. The molecule has 1 amide bonds. The second-order valence-electron chi connectivity index (χ2n) is 9.55. The highest BCUT2D eigenvalue weighted by atomic mass is 19.1. The minimum absolute atomic E-state index is 0.178. The maximum atomic E-state index is 14.4. The summed E-state index contributed by atoms with van der Waals surface area (Å²) in [5, 5.41) is 2.89. The summed E-state index contributed by atoms with van der Waals surface area (Å²) in [6, 6.07) is 12.3. The average Bonchev–Trinajstić information content (AvgIpc) is 2.78. The standard InChI is InChI=1S/C28H38FNO5/c1-7-19-11-14-25(29)24(16-19)21-12-9-20(10-13-21)15-23(30-27(32)35-28(3,4)5)17-22(18-33-6)26(31)34-8-2/h9-14,16,22-23H,7-8,15,17-18H2,1-6H3,(H,30,32)/t22-,23+/m0/s1. The van der Waals surface area contributed by atoms with Crippen molar-refractivity contribution in [3.05, 3.63) is 59.4 Å². The van der Waals surface area contributed by atoms with E-state index in [9.17, 15) is 14.0 Å². The van der Waals surface area contributed by atoms with E-state index in [0.717, 1.165) is 23.1 Å². The number of esters is 1. The molecule has 0 aromatic heterocycles. The van der Waals surface area contributed by atoms with Crippen molar-refractivity contribution in [2.45, 2.75) is 65.5 Å². The Morgan fingerprint density at radius 3 is 2.26 bits per heavy atom. The summed E-state index contributed by atoms with van der Waals surface area (Å²) in [7, 11) is 1.52. The SMILES string of the molecule is CCOC(=O)[C@H](COC)C[C@@H](Cc1ccc(-c2cc(CC)ccc2F)cc1)NC(=O)OC(C)(C)C. The Hall–Kier alpha value is -2.93. The molecule has 35 heavy (non-hydrogen) atoms. The van der Waals surface area contributed by atoms with E-state index in [0.29, 0.717) is 18.4 Å². The van der Waals surface area contributed by atoms with Crippen LogP contribution >= 0.6 is 0 Å². The molecule has 0 aliphatic carbocycles. The number of benzene rings is 2. The number of ether oxygens (including phenoxy) is 3. The van der Waals surface area contributed by atoms with Crippen LogP contribution in [0.4, 0.5) is 9.18 Å². The molecule has 6 nitrogen and oxygen atoms in total. The predicted molar refractivity (Wildman–Crippen MR) is 135 cm³/mol. The summed E-state index contributed by atoms with van der Waals surface area (Å²) < 4.78 is 30.3. The molecule has 0 spiro atoms. The van der Waals surface area contributed by atoms with Crippen molar-refractivity contribution < 1.29 is 28.2 Å².